The lowest BCUT2D eigenvalue weighted by Gasteiger charge is -2.29. The van der Waals surface area contributed by atoms with Gasteiger partial charge in [0.25, 0.3) is 0 Å². The van der Waals surface area contributed by atoms with E-state index in [9.17, 15) is 4.79 Å². The molecule has 2 rings (SSSR count). The van der Waals surface area contributed by atoms with Crippen LogP contribution < -0.4 is 15.5 Å². The highest BCUT2D eigenvalue weighted by atomic mass is 16.5. The highest BCUT2D eigenvalue weighted by Gasteiger charge is 2.13. The van der Waals surface area contributed by atoms with Gasteiger partial charge in [0.15, 0.2) is 0 Å². The molecule has 20 heavy (non-hydrogen) atoms. The molecule has 1 aliphatic heterocycles. The maximum absolute atomic E-state index is 11.8. The molecule has 0 aliphatic carbocycles. The second-order valence-corrected chi connectivity index (χ2v) is 4.98. The summed E-state index contributed by atoms with van der Waals surface area (Å²) in [6.45, 7) is 8.02. The zero-order valence-electron chi connectivity index (χ0n) is 12.2. The van der Waals surface area contributed by atoms with Gasteiger partial charge in [0.2, 0.25) is 0 Å². The third-order valence-corrected chi connectivity index (χ3v) is 3.38. The van der Waals surface area contributed by atoms with Crippen molar-refractivity contribution in [3.05, 3.63) is 23.8 Å². The zero-order valence-corrected chi connectivity index (χ0v) is 12.2. The summed E-state index contributed by atoms with van der Waals surface area (Å²) < 4.78 is 5.36. The van der Waals surface area contributed by atoms with Gasteiger partial charge in [-0.1, -0.05) is 13.0 Å². The van der Waals surface area contributed by atoms with Gasteiger partial charge in [0.1, 0.15) is 0 Å². The number of ether oxygens (including phenoxy) is 1. The number of amides is 2. The van der Waals surface area contributed by atoms with Gasteiger partial charge in [-0.2, -0.15) is 0 Å². The summed E-state index contributed by atoms with van der Waals surface area (Å²) in [5.41, 5.74) is 3.06. The fraction of sp³-hybridized carbons (Fsp3) is 0.533. The van der Waals surface area contributed by atoms with E-state index >= 15 is 0 Å². The molecule has 2 N–H and O–H groups in total. The molecule has 0 aromatic heterocycles. The van der Waals surface area contributed by atoms with Crippen LogP contribution in [0.1, 0.15) is 18.9 Å². The van der Waals surface area contributed by atoms with Crippen LogP contribution in [0, 0.1) is 6.92 Å². The van der Waals surface area contributed by atoms with Crippen LogP contribution in [-0.2, 0) is 4.74 Å². The number of hydrogen-bond donors (Lipinski definition) is 2. The van der Waals surface area contributed by atoms with Gasteiger partial charge in [-0.25, -0.2) is 4.79 Å². The summed E-state index contributed by atoms with van der Waals surface area (Å²) in [4.78, 5) is 14.0. The van der Waals surface area contributed by atoms with Crippen molar-refractivity contribution in [3.63, 3.8) is 0 Å². The standard InChI is InChI=1S/C15H23N3O2/c1-3-6-16-15(19)17-14-11-13(5-4-12(14)2)18-7-9-20-10-8-18/h4-5,11H,3,6-10H2,1-2H3,(H2,16,17,19). The summed E-state index contributed by atoms with van der Waals surface area (Å²) in [6.07, 6.45) is 0.931. The average molecular weight is 277 g/mol. The molecule has 1 aliphatic rings. The molecule has 0 unspecified atom stereocenters. The van der Waals surface area contributed by atoms with Gasteiger partial charge in [-0.05, 0) is 31.0 Å². The van der Waals surface area contributed by atoms with E-state index in [1.165, 1.54) is 0 Å². The van der Waals surface area contributed by atoms with Crippen molar-refractivity contribution in [3.8, 4) is 0 Å². The number of nitrogens with one attached hydrogen (secondary N) is 2. The summed E-state index contributed by atoms with van der Waals surface area (Å²) >= 11 is 0. The molecule has 5 nitrogen and oxygen atoms in total. The number of morpholine rings is 1. The van der Waals surface area contributed by atoms with Gasteiger partial charge in [0.05, 0.1) is 13.2 Å². The summed E-state index contributed by atoms with van der Waals surface area (Å²) in [6, 6.07) is 6.02. The Morgan fingerprint density at radius 2 is 2.10 bits per heavy atom. The van der Waals surface area contributed by atoms with Gasteiger partial charge in [-0.15, -0.1) is 0 Å². The molecule has 0 radical (unpaired) electrons. The van der Waals surface area contributed by atoms with E-state index in [1.54, 1.807) is 0 Å². The van der Waals surface area contributed by atoms with E-state index in [-0.39, 0.29) is 6.03 Å². The lowest BCUT2D eigenvalue weighted by molar-refractivity contribution is 0.122. The predicted molar refractivity (Wildman–Crippen MR) is 81.5 cm³/mol. The van der Waals surface area contributed by atoms with E-state index in [4.69, 9.17) is 4.74 Å². The van der Waals surface area contributed by atoms with Crippen molar-refractivity contribution in [2.45, 2.75) is 20.3 Å². The maximum atomic E-state index is 11.8. The minimum absolute atomic E-state index is 0.144. The SMILES string of the molecule is CCCNC(=O)Nc1cc(N2CCOCC2)ccc1C. The third kappa shape index (κ3) is 3.87. The second-order valence-electron chi connectivity index (χ2n) is 4.98. The Bertz CT molecular complexity index is 456. The minimum Gasteiger partial charge on any atom is -0.378 e. The predicted octanol–water partition coefficient (Wildman–Crippen LogP) is 2.36. The first kappa shape index (κ1) is 14.7. The van der Waals surface area contributed by atoms with Crippen molar-refractivity contribution >= 4 is 17.4 Å². The van der Waals surface area contributed by atoms with Crippen LogP contribution in [0.15, 0.2) is 18.2 Å². The van der Waals surface area contributed by atoms with Crippen LogP contribution in [-0.4, -0.2) is 38.9 Å². The molecule has 2 amide bonds. The van der Waals surface area contributed by atoms with Crippen molar-refractivity contribution in [2.24, 2.45) is 0 Å². The van der Waals surface area contributed by atoms with Crippen LogP contribution in [0.3, 0.4) is 0 Å². The molecule has 1 aromatic rings. The number of carbonyl (C=O) groups excluding carboxylic acids is 1. The minimum atomic E-state index is -0.144. The highest BCUT2D eigenvalue weighted by molar-refractivity contribution is 5.90. The van der Waals surface area contributed by atoms with Gasteiger partial charge < -0.3 is 20.3 Å². The molecule has 0 spiro atoms. The van der Waals surface area contributed by atoms with Gasteiger partial charge in [-0.3, -0.25) is 0 Å². The number of hydrogen-bond acceptors (Lipinski definition) is 3. The van der Waals surface area contributed by atoms with Crippen molar-refractivity contribution in [1.82, 2.24) is 5.32 Å². The van der Waals surface area contributed by atoms with Crippen molar-refractivity contribution < 1.29 is 9.53 Å². The average Bonchev–Trinajstić information content (AvgIpc) is 2.48. The quantitative estimate of drug-likeness (QED) is 0.888. The van der Waals surface area contributed by atoms with Gasteiger partial charge >= 0.3 is 6.03 Å². The first-order valence-corrected chi connectivity index (χ1v) is 7.19. The highest BCUT2D eigenvalue weighted by Crippen LogP contribution is 2.24. The lowest BCUT2D eigenvalue weighted by Crippen LogP contribution is -2.36. The summed E-state index contributed by atoms with van der Waals surface area (Å²) in [5.74, 6) is 0. The number of anilines is 2. The number of benzene rings is 1. The zero-order chi connectivity index (χ0) is 14.4. The van der Waals surface area contributed by atoms with E-state index in [1.807, 2.05) is 26.0 Å². The molecule has 110 valence electrons. The number of rotatable bonds is 4. The number of aryl methyl sites for hydroxylation is 1. The van der Waals surface area contributed by atoms with Crippen LogP contribution in [0.4, 0.5) is 16.2 Å². The van der Waals surface area contributed by atoms with Crippen LogP contribution in [0.2, 0.25) is 0 Å². The fourth-order valence-corrected chi connectivity index (χ4v) is 2.17. The first-order valence-electron chi connectivity index (χ1n) is 7.19. The maximum Gasteiger partial charge on any atom is 0.319 e. The Morgan fingerprint density at radius 3 is 2.80 bits per heavy atom. The Labute approximate surface area is 120 Å². The van der Waals surface area contributed by atoms with E-state index in [0.717, 1.165) is 49.7 Å². The molecule has 1 aromatic carbocycles. The van der Waals surface area contributed by atoms with Gasteiger partial charge in [0, 0.05) is 31.0 Å². The van der Waals surface area contributed by atoms with E-state index in [0.29, 0.717) is 6.54 Å². The van der Waals surface area contributed by atoms with Crippen molar-refractivity contribution in [2.75, 3.05) is 43.1 Å². The van der Waals surface area contributed by atoms with Crippen LogP contribution in [0.25, 0.3) is 0 Å². The molecule has 1 saturated heterocycles. The molecule has 1 heterocycles. The molecular formula is C15H23N3O2. The summed E-state index contributed by atoms with van der Waals surface area (Å²) in [5, 5.41) is 5.74. The Morgan fingerprint density at radius 1 is 1.35 bits per heavy atom. The molecule has 5 heteroatoms. The van der Waals surface area contributed by atoms with E-state index in [2.05, 4.69) is 21.6 Å². The largest absolute Gasteiger partial charge is 0.378 e. The normalized spacial score (nSPS) is 15.0. The molecule has 0 saturated carbocycles. The summed E-state index contributed by atoms with van der Waals surface area (Å²) in [7, 11) is 0. The second kappa shape index (κ2) is 7.14. The number of urea groups is 1. The Kier molecular flexibility index (Phi) is 5.24. The Balaban J connectivity index is 2.05. The third-order valence-electron chi connectivity index (χ3n) is 3.38. The molecule has 0 bridgehead atoms. The lowest BCUT2D eigenvalue weighted by atomic mass is 10.1. The topological polar surface area (TPSA) is 53.6 Å². The fourth-order valence-electron chi connectivity index (χ4n) is 2.17. The van der Waals surface area contributed by atoms with Crippen LogP contribution in [0.5, 0.6) is 0 Å². The van der Waals surface area contributed by atoms with E-state index < -0.39 is 0 Å². The molecular weight excluding hydrogens is 254 g/mol. The number of carbonyl (C=O) groups is 1. The first-order chi connectivity index (χ1) is 9.70. The van der Waals surface area contributed by atoms with Crippen molar-refractivity contribution in [1.29, 1.82) is 0 Å². The monoisotopic (exact) mass is 277 g/mol. The Hall–Kier alpha value is -1.75. The van der Waals surface area contributed by atoms with Crippen LogP contribution >= 0.6 is 0 Å². The molecule has 0 atom stereocenters. The number of nitrogens with zero attached hydrogens (tertiary/aromatic N) is 1. The smallest absolute Gasteiger partial charge is 0.319 e. The molecule has 1 fully saturated rings.